The van der Waals surface area contributed by atoms with Crippen LogP contribution in [0.15, 0.2) is 30.3 Å². The Hall–Kier alpha value is -1.62. The van der Waals surface area contributed by atoms with Crippen LogP contribution in [0.25, 0.3) is 0 Å². The molecule has 26 heavy (non-hydrogen) atoms. The maximum atomic E-state index is 10.8. The lowest BCUT2D eigenvalue weighted by atomic mass is 9.93. The first kappa shape index (κ1) is 19.2. The summed E-state index contributed by atoms with van der Waals surface area (Å²) >= 11 is 18.6. The van der Waals surface area contributed by atoms with Crippen molar-refractivity contribution in [2.75, 3.05) is 5.32 Å². The van der Waals surface area contributed by atoms with E-state index in [9.17, 15) is 4.79 Å². The van der Waals surface area contributed by atoms with Crippen LogP contribution in [0.4, 0.5) is 5.69 Å². The second kappa shape index (κ2) is 8.38. The van der Waals surface area contributed by atoms with Crippen LogP contribution in [-0.4, -0.2) is 17.1 Å². The summed E-state index contributed by atoms with van der Waals surface area (Å²) in [7, 11) is 0. The maximum absolute atomic E-state index is 10.8. The summed E-state index contributed by atoms with van der Waals surface area (Å²) in [6.45, 7) is 0.248. The van der Waals surface area contributed by atoms with Crippen LogP contribution in [-0.2, 0) is 17.8 Å². The van der Waals surface area contributed by atoms with Crippen LogP contribution < -0.4 is 10.1 Å². The van der Waals surface area contributed by atoms with E-state index in [1.165, 1.54) is 19.3 Å². The van der Waals surface area contributed by atoms with E-state index in [0.717, 1.165) is 11.3 Å². The number of halogens is 3. The van der Waals surface area contributed by atoms with E-state index in [-0.39, 0.29) is 23.1 Å². The van der Waals surface area contributed by atoms with Gasteiger partial charge in [-0.3, -0.25) is 4.79 Å². The van der Waals surface area contributed by atoms with Gasteiger partial charge < -0.3 is 15.2 Å². The molecule has 0 aliphatic heterocycles. The van der Waals surface area contributed by atoms with Crippen molar-refractivity contribution in [3.63, 3.8) is 0 Å². The van der Waals surface area contributed by atoms with Crippen LogP contribution in [0.1, 0.15) is 30.4 Å². The first-order valence-electron chi connectivity index (χ1n) is 8.29. The van der Waals surface area contributed by atoms with Crippen LogP contribution in [0.5, 0.6) is 5.75 Å². The monoisotopic (exact) mass is 413 g/mol. The Kier molecular flexibility index (Phi) is 6.17. The van der Waals surface area contributed by atoms with E-state index in [2.05, 4.69) is 5.32 Å². The number of anilines is 1. The quantitative estimate of drug-likeness (QED) is 0.599. The van der Waals surface area contributed by atoms with Crippen LogP contribution in [0.3, 0.4) is 0 Å². The molecule has 1 aliphatic carbocycles. The lowest BCUT2D eigenvalue weighted by Crippen LogP contribution is -2.26. The van der Waals surface area contributed by atoms with Crippen molar-refractivity contribution < 1.29 is 14.6 Å². The normalized spacial score (nSPS) is 14.0. The van der Waals surface area contributed by atoms with Crippen molar-refractivity contribution in [3.8, 4) is 5.75 Å². The van der Waals surface area contributed by atoms with Gasteiger partial charge in [0.25, 0.3) is 0 Å². The minimum Gasteiger partial charge on any atom is -0.486 e. The summed E-state index contributed by atoms with van der Waals surface area (Å²) in [5.41, 5.74) is 2.38. The van der Waals surface area contributed by atoms with Gasteiger partial charge in [-0.05, 0) is 60.7 Å². The summed E-state index contributed by atoms with van der Waals surface area (Å²) in [6, 6.07) is 9.33. The highest BCUT2D eigenvalue weighted by Crippen LogP contribution is 2.35. The lowest BCUT2D eigenvalue weighted by Gasteiger charge is -2.27. The summed E-state index contributed by atoms with van der Waals surface area (Å²) in [6.07, 6.45) is 3.45. The molecular formula is C19H18Cl3NO3. The molecule has 2 aromatic carbocycles. The van der Waals surface area contributed by atoms with E-state index in [1.54, 1.807) is 12.1 Å². The summed E-state index contributed by atoms with van der Waals surface area (Å²) < 4.78 is 5.77. The number of hydrogen-bond acceptors (Lipinski definition) is 3. The third-order valence-corrected chi connectivity index (χ3v) is 5.01. The highest BCUT2D eigenvalue weighted by Gasteiger charge is 2.17. The number of carboxylic acids is 1. The fraction of sp³-hybridized carbons (Fsp3) is 0.316. The van der Waals surface area contributed by atoms with Crippen molar-refractivity contribution in [2.24, 2.45) is 0 Å². The van der Waals surface area contributed by atoms with Crippen molar-refractivity contribution in [1.82, 2.24) is 0 Å². The predicted molar refractivity (Wildman–Crippen MR) is 105 cm³/mol. The molecule has 0 aromatic heterocycles. The van der Waals surface area contributed by atoms with Crippen molar-refractivity contribution >= 4 is 46.5 Å². The average molecular weight is 415 g/mol. The van der Waals surface area contributed by atoms with Gasteiger partial charge in [-0.25, -0.2) is 0 Å². The fourth-order valence-electron chi connectivity index (χ4n) is 2.79. The molecule has 1 aliphatic rings. The van der Waals surface area contributed by atoms with Gasteiger partial charge in [-0.2, -0.15) is 0 Å². The van der Waals surface area contributed by atoms with E-state index in [0.29, 0.717) is 22.4 Å². The zero-order valence-corrected chi connectivity index (χ0v) is 16.2. The minimum atomic E-state index is -0.948. The highest BCUT2D eigenvalue weighted by atomic mass is 35.5. The SMILES string of the molecule is O=C(O)Cc1cc(Cl)c(OCc2cc(Cl)cc(NC3CCC3)c2)c(Cl)c1. The van der Waals surface area contributed by atoms with Crippen molar-refractivity contribution in [2.45, 2.75) is 38.3 Å². The van der Waals surface area contributed by atoms with Gasteiger partial charge in [-0.15, -0.1) is 0 Å². The molecule has 4 nitrogen and oxygen atoms in total. The molecule has 0 unspecified atom stereocenters. The number of rotatable bonds is 7. The molecule has 1 fully saturated rings. The van der Waals surface area contributed by atoms with Crippen LogP contribution >= 0.6 is 34.8 Å². The molecule has 2 aromatic rings. The summed E-state index contributed by atoms with van der Waals surface area (Å²) in [4.78, 5) is 10.8. The number of carboxylic acid groups (broad SMARTS) is 1. The van der Waals surface area contributed by atoms with Crippen molar-refractivity contribution in [1.29, 1.82) is 0 Å². The van der Waals surface area contributed by atoms with E-state index in [1.807, 2.05) is 18.2 Å². The third kappa shape index (κ3) is 4.97. The number of ether oxygens (including phenoxy) is 1. The maximum Gasteiger partial charge on any atom is 0.307 e. The predicted octanol–water partition coefficient (Wildman–Crippen LogP) is 5.82. The molecule has 3 rings (SSSR count). The molecule has 2 N–H and O–H groups in total. The highest BCUT2D eigenvalue weighted by molar-refractivity contribution is 6.37. The zero-order valence-electron chi connectivity index (χ0n) is 13.9. The van der Waals surface area contributed by atoms with Gasteiger partial charge >= 0.3 is 5.97 Å². The number of hydrogen-bond donors (Lipinski definition) is 2. The van der Waals surface area contributed by atoms with Crippen LogP contribution in [0.2, 0.25) is 15.1 Å². The Bertz CT molecular complexity index is 799. The largest absolute Gasteiger partial charge is 0.486 e. The number of carbonyl (C=O) groups is 1. The first-order valence-corrected chi connectivity index (χ1v) is 9.42. The molecule has 0 heterocycles. The number of nitrogens with one attached hydrogen (secondary N) is 1. The number of aliphatic carboxylic acids is 1. The topological polar surface area (TPSA) is 58.6 Å². The Morgan fingerprint density at radius 3 is 2.35 bits per heavy atom. The Morgan fingerprint density at radius 2 is 1.77 bits per heavy atom. The van der Waals surface area contributed by atoms with Gasteiger partial charge in [-0.1, -0.05) is 34.8 Å². The van der Waals surface area contributed by atoms with E-state index in [4.69, 9.17) is 44.6 Å². The molecule has 0 amide bonds. The molecule has 0 spiro atoms. The lowest BCUT2D eigenvalue weighted by molar-refractivity contribution is -0.136. The molecular weight excluding hydrogens is 397 g/mol. The van der Waals surface area contributed by atoms with Gasteiger partial charge in [0, 0.05) is 16.8 Å². The van der Waals surface area contributed by atoms with Gasteiger partial charge in [0.15, 0.2) is 5.75 Å². The van der Waals surface area contributed by atoms with E-state index < -0.39 is 5.97 Å². The molecule has 1 saturated carbocycles. The summed E-state index contributed by atoms with van der Waals surface area (Å²) in [5, 5.41) is 13.5. The fourth-order valence-corrected chi connectivity index (χ4v) is 3.69. The standard InChI is InChI=1S/C19H18Cl3NO3/c20-13-4-12(5-15(9-13)23-14-2-1-3-14)10-26-19-16(21)6-11(7-17(19)22)8-18(24)25/h4-7,9,14,23H,1-3,8,10H2,(H,24,25). The number of benzene rings is 2. The second-order valence-corrected chi connectivity index (χ2v) is 7.62. The second-order valence-electron chi connectivity index (χ2n) is 6.37. The molecule has 138 valence electrons. The summed E-state index contributed by atoms with van der Waals surface area (Å²) in [5.74, 6) is -0.618. The van der Waals surface area contributed by atoms with Gasteiger partial charge in [0.2, 0.25) is 0 Å². The Labute approximate surface area is 167 Å². The Morgan fingerprint density at radius 1 is 1.08 bits per heavy atom. The third-order valence-electron chi connectivity index (χ3n) is 4.23. The first-order chi connectivity index (χ1) is 12.4. The van der Waals surface area contributed by atoms with Crippen molar-refractivity contribution in [3.05, 3.63) is 56.5 Å². The molecule has 7 heteroatoms. The zero-order chi connectivity index (χ0) is 18.7. The van der Waals surface area contributed by atoms with Gasteiger partial charge in [0.05, 0.1) is 16.5 Å². The minimum absolute atomic E-state index is 0.149. The van der Waals surface area contributed by atoms with E-state index >= 15 is 0 Å². The van der Waals surface area contributed by atoms with Crippen LogP contribution in [0, 0.1) is 0 Å². The Balaban J connectivity index is 1.71. The molecule has 0 radical (unpaired) electrons. The average Bonchev–Trinajstić information content (AvgIpc) is 2.49. The molecule has 0 saturated heterocycles. The molecule has 0 bridgehead atoms. The van der Waals surface area contributed by atoms with Gasteiger partial charge in [0.1, 0.15) is 6.61 Å². The molecule has 0 atom stereocenters. The smallest absolute Gasteiger partial charge is 0.307 e.